The second-order valence-electron chi connectivity index (χ2n) is 5.63. The molecule has 0 bridgehead atoms. The molecule has 0 aliphatic rings. The van der Waals surface area contributed by atoms with Gasteiger partial charge in [-0.1, -0.05) is 25.1 Å². The first-order valence-corrected chi connectivity index (χ1v) is 9.25. The van der Waals surface area contributed by atoms with Crippen LogP contribution in [-0.4, -0.2) is 26.9 Å². The Labute approximate surface area is 157 Å². The quantitative estimate of drug-likeness (QED) is 0.580. The molecule has 0 spiro atoms. The van der Waals surface area contributed by atoms with E-state index < -0.39 is 0 Å². The second kappa shape index (κ2) is 9.95. The summed E-state index contributed by atoms with van der Waals surface area (Å²) in [5.41, 5.74) is 2.12. The maximum absolute atomic E-state index is 5.85. The lowest BCUT2D eigenvalue weighted by Crippen LogP contribution is -2.07. The number of para-hydroxylation sites is 1. The third-order valence-corrected chi connectivity index (χ3v) is 4.04. The van der Waals surface area contributed by atoms with Crippen molar-refractivity contribution in [2.45, 2.75) is 34.1 Å². The fourth-order valence-electron chi connectivity index (χ4n) is 3.01. The highest BCUT2D eigenvalue weighted by atomic mass is 16.5. The van der Waals surface area contributed by atoms with Gasteiger partial charge in [0.1, 0.15) is 5.75 Å². The lowest BCUT2D eigenvalue weighted by molar-refractivity contribution is 0.260. The van der Waals surface area contributed by atoms with Crippen molar-refractivity contribution in [1.82, 2.24) is 0 Å². The van der Waals surface area contributed by atoms with E-state index in [4.69, 9.17) is 18.9 Å². The van der Waals surface area contributed by atoms with E-state index in [0.717, 1.165) is 23.3 Å². The van der Waals surface area contributed by atoms with Crippen LogP contribution in [0.25, 0.3) is 0 Å². The van der Waals surface area contributed by atoms with Crippen LogP contribution in [0.1, 0.15) is 45.2 Å². The summed E-state index contributed by atoms with van der Waals surface area (Å²) in [6, 6.07) is 12.1. The van der Waals surface area contributed by atoms with Gasteiger partial charge in [0.05, 0.1) is 26.9 Å². The molecule has 0 aromatic heterocycles. The predicted molar refractivity (Wildman–Crippen MR) is 105 cm³/mol. The van der Waals surface area contributed by atoms with Crippen LogP contribution in [0.3, 0.4) is 0 Å². The minimum Gasteiger partial charge on any atom is -0.496 e. The molecular weight excluding hydrogens is 328 g/mol. The Bertz CT molecular complexity index is 669. The molecule has 26 heavy (non-hydrogen) atoms. The number of hydrogen-bond donors (Lipinski definition) is 0. The molecule has 2 aromatic rings. The molecule has 141 valence electrons. The fraction of sp³-hybridized carbons (Fsp3) is 0.409. The van der Waals surface area contributed by atoms with Gasteiger partial charge in [-0.2, -0.15) is 0 Å². The Morgan fingerprint density at radius 3 is 1.85 bits per heavy atom. The summed E-state index contributed by atoms with van der Waals surface area (Å²) < 4.78 is 23.1. The molecule has 0 amide bonds. The molecule has 0 unspecified atom stereocenters. The first-order chi connectivity index (χ1) is 12.7. The Hall–Kier alpha value is -2.36. The zero-order valence-corrected chi connectivity index (χ0v) is 16.4. The number of methoxy groups -OCH3 is 1. The van der Waals surface area contributed by atoms with Gasteiger partial charge in [0, 0.05) is 11.5 Å². The average Bonchev–Trinajstić information content (AvgIpc) is 2.66. The van der Waals surface area contributed by atoms with Gasteiger partial charge >= 0.3 is 0 Å². The Morgan fingerprint density at radius 1 is 0.769 bits per heavy atom. The van der Waals surface area contributed by atoms with Crippen molar-refractivity contribution in [3.05, 3.63) is 53.4 Å². The topological polar surface area (TPSA) is 36.9 Å². The number of ether oxygens (including phenoxy) is 4. The summed E-state index contributed by atoms with van der Waals surface area (Å²) >= 11 is 0. The summed E-state index contributed by atoms with van der Waals surface area (Å²) in [7, 11) is 1.70. The standard InChI is InChI=1S/C22H29O4/c1-6-17(18-12-10-11-13-19(18)23-5)16-14-20(24-7-2)22(26-9-4)21(15-16)25-8-3/h10-15H,6-9H2,1-5H3. The van der Waals surface area contributed by atoms with Crippen LogP contribution >= 0.6 is 0 Å². The monoisotopic (exact) mass is 357 g/mol. The molecule has 0 atom stereocenters. The van der Waals surface area contributed by atoms with Crippen molar-refractivity contribution in [2.24, 2.45) is 0 Å². The van der Waals surface area contributed by atoms with E-state index in [1.165, 1.54) is 5.92 Å². The normalized spacial score (nSPS) is 10.7. The van der Waals surface area contributed by atoms with Crippen molar-refractivity contribution in [3.63, 3.8) is 0 Å². The van der Waals surface area contributed by atoms with Crippen molar-refractivity contribution in [3.8, 4) is 23.0 Å². The van der Waals surface area contributed by atoms with Gasteiger partial charge in [-0.3, -0.25) is 0 Å². The first kappa shape index (κ1) is 20.0. The Morgan fingerprint density at radius 2 is 1.35 bits per heavy atom. The number of rotatable bonds is 10. The highest BCUT2D eigenvalue weighted by Crippen LogP contribution is 2.43. The molecule has 2 rings (SSSR count). The molecular formula is C22H29O4. The van der Waals surface area contributed by atoms with Crippen LogP contribution in [0.2, 0.25) is 0 Å². The molecule has 0 aliphatic carbocycles. The highest BCUT2D eigenvalue weighted by Gasteiger charge is 2.22. The van der Waals surface area contributed by atoms with E-state index in [2.05, 4.69) is 13.0 Å². The first-order valence-electron chi connectivity index (χ1n) is 9.25. The van der Waals surface area contributed by atoms with Crippen LogP contribution in [0.15, 0.2) is 36.4 Å². The molecule has 0 saturated heterocycles. The summed E-state index contributed by atoms with van der Waals surface area (Å²) in [4.78, 5) is 0. The van der Waals surface area contributed by atoms with Gasteiger partial charge in [0.25, 0.3) is 0 Å². The molecule has 4 heteroatoms. The van der Waals surface area contributed by atoms with Gasteiger partial charge in [-0.05, 0) is 51.0 Å². The van der Waals surface area contributed by atoms with E-state index in [0.29, 0.717) is 37.1 Å². The maximum Gasteiger partial charge on any atom is 0.203 e. The molecule has 0 heterocycles. The average molecular weight is 357 g/mol. The van der Waals surface area contributed by atoms with Crippen molar-refractivity contribution in [2.75, 3.05) is 26.9 Å². The lowest BCUT2D eigenvalue weighted by Gasteiger charge is -2.22. The molecule has 0 aliphatic heterocycles. The van der Waals surface area contributed by atoms with Crippen LogP contribution in [-0.2, 0) is 0 Å². The van der Waals surface area contributed by atoms with Crippen molar-refractivity contribution < 1.29 is 18.9 Å². The van der Waals surface area contributed by atoms with Gasteiger partial charge in [-0.15, -0.1) is 0 Å². The lowest BCUT2D eigenvalue weighted by atomic mass is 9.88. The third kappa shape index (κ3) is 4.43. The van der Waals surface area contributed by atoms with Gasteiger partial charge in [-0.25, -0.2) is 0 Å². The van der Waals surface area contributed by atoms with Crippen LogP contribution in [0.5, 0.6) is 23.0 Å². The largest absolute Gasteiger partial charge is 0.496 e. The maximum atomic E-state index is 5.85. The molecule has 4 nitrogen and oxygen atoms in total. The van der Waals surface area contributed by atoms with Crippen LogP contribution in [0, 0.1) is 5.92 Å². The van der Waals surface area contributed by atoms with Gasteiger partial charge in [0.15, 0.2) is 11.5 Å². The van der Waals surface area contributed by atoms with Gasteiger partial charge in [0.2, 0.25) is 5.75 Å². The molecule has 0 fully saturated rings. The van der Waals surface area contributed by atoms with E-state index in [9.17, 15) is 0 Å². The van der Waals surface area contributed by atoms with Crippen LogP contribution < -0.4 is 18.9 Å². The fourth-order valence-corrected chi connectivity index (χ4v) is 3.01. The van der Waals surface area contributed by atoms with E-state index in [-0.39, 0.29) is 0 Å². The minimum absolute atomic E-state index is 0.552. The Kier molecular flexibility index (Phi) is 7.64. The zero-order valence-electron chi connectivity index (χ0n) is 16.4. The second-order valence-corrected chi connectivity index (χ2v) is 5.63. The summed E-state index contributed by atoms with van der Waals surface area (Å²) in [6.07, 6.45) is 0.853. The van der Waals surface area contributed by atoms with Gasteiger partial charge < -0.3 is 18.9 Å². The molecule has 0 saturated carbocycles. The highest BCUT2D eigenvalue weighted by molar-refractivity contribution is 5.61. The van der Waals surface area contributed by atoms with E-state index >= 15 is 0 Å². The predicted octanol–water partition coefficient (Wildman–Crippen LogP) is 5.27. The van der Waals surface area contributed by atoms with E-state index in [1.807, 2.05) is 51.1 Å². The summed E-state index contributed by atoms with van der Waals surface area (Å²) in [6.45, 7) is 9.70. The van der Waals surface area contributed by atoms with Crippen molar-refractivity contribution in [1.29, 1.82) is 0 Å². The molecule has 0 N–H and O–H groups in total. The third-order valence-electron chi connectivity index (χ3n) is 4.04. The summed E-state index contributed by atoms with van der Waals surface area (Å²) in [5, 5.41) is 0. The van der Waals surface area contributed by atoms with Crippen LogP contribution in [0.4, 0.5) is 0 Å². The number of hydrogen-bond acceptors (Lipinski definition) is 4. The number of benzene rings is 2. The zero-order chi connectivity index (χ0) is 18.9. The smallest absolute Gasteiger partial charge is 0.203 e. The SMILES string of the molecule is CCOc1cc([C](CC)c2ccccc2OC)cc(OCC)c1OCC. The van der Waals surface area contributed by atoms with Crippen molar-refractivity contribution >= 4 is 0 Å². The summed E-state index contributed by atoms with van der Waals surface area (Å²) in [5.74, 6) is 4.10. The molecule has 1 radical (unpaired) electrons. The minimum atomic E-state index is 0.552. The van der Waals surface area contributed by atoms with E-state index in [1.54, 1.807) is 7.11 Å². The Balaban J connectivity index is 2.58. The molecule has 2 aromatic carbocycles.